The van der Waals surface area contributed by atoms with Gasteiger partial charge in [0, 0.05) is 25.2 Å². The summed E-state index contributed by atoms with van der Waals surface area (Å²) in [6.07, 6.45) is 2.83. The fraction of sp³-hybridized carbons (Fsp3) is 1.00. The average Bonchev–Trinajstić information content (AvgIpc) is 2.33. The SMILES string of the molecule is CC1CN2CCCC2CN1.Cl.Cl. The maximum atomic E-state index is 3.51. The van der Waals surface area contributed by atoms with Gasteiger partial charge in [-0.3, -0.25) is 4.90 Å². The maximum Gasteiger partial charge on any atom is 0.0221 e. The van der Waals surface area contributed by atoms with Gasteiger partial charge < -0.3 is 5.32 Å². The van der Waals surface area contributed by atoms with Crippen molar-refractivity contribution >= 4 is 24.8 Å². The third-order valence-electron chi connectivity index (χ3n) is 2.71. The standard InChI is InChI=1S/C8H16N2.2ClH/c1-7-6-10-4-2-3-8(10)5-9-7;;/h7-9H,2-6H2,1H3;2*1H. The van der Waals surface area contributed by atoms with Gasteiger partial charge in [-0.2, -0.15) is 0 Å². The minimum atomic E-state index is 0. The first-order chi connectivity index (χ1) is 4.86. The summed E-state index contributed by atoms with van der Waals surface area (Å²) in [5.41, 5.74) is 0. The lowest BCUT2D eigenvalue weighted by molar-refractivity contribution is 0.180. The van der Waals surface area contributed by atoms with Gasteiger partial charge in [0.25, 0.3) is 0 Å². The van der Waals surface area contributed by atoms with Crippen molar-refractivity contribution in [3.05, 3.63) is 0 Å². The number of nitrogens with one attached hydrogen (secondary N) is 1. The van der Waals surface area contributed by atoms with Crippen LogP contribution in [0.3, 0.4) is 0 Å². The molecule has 2 rings (SSSR count). The van der Waals surface area contributed by atoms with Crippen molar-refractivity contribution in [2.24, 2.45) is 0 Å². The minimum Gasteiger partial charge on any atom is -0.311 e. The Bertz CT molecular complexity index is 132. The van der Waals surface area contributed by atoms with Gasteiger partial charge in [-0.25, -0.2) is 0 Å². The number of hydrogen-bond acceptors (Lipinski definition) is 2. The van der Waals surface area contributed by atoms with Crippen LogP contribution in [0.1, 0.15) is 19.8 Å². The Morgan fingerprint density at radius 3 is 2.83 bits per heavy atom. The summed E-state index contributed by atoms with van der Waals surface area (Å²) in [7, 11) is 0. The molecule has 0 saturated carbocycles. The zero-order valence-corrected chi connectivity index (χ0v) is 9.09. The van der Waals surface area contributed by atoms with Crippen molar-refractivity contribution in [2.75, 3.05) is 19.6 Å². The molecule has 12 heavy (non-hydrogen) atoms. The highest BCUT2D eigenvalue weighted by molar-refractivity contribution is 5.85. The van der Waals surface area contributed by atoms with Gasteiger partial charge in [-0.15, -0.1) is 24.8 Å². The van der Waals surface area contributed by atoms with Gasteiger partial charge in [0.2, 0.25) is 0 Å². The van der Waals surface area contributed by atoms with E-state index in [-0.39, 0.29) is 24.8 Å². The normalized spacial score (nSPS) is 34.8. The van der Waals surface area contributed by atoms with Crippen LogP contribution in [-0.4, -0.2) is 36.6 Å². The Hall–Kier alpha value is 0.500. The molecule has 4 heteroatoms. The van der Waals surface area contributed by atoms with Crippen LogP contribution in [0, 0.1) is 0 Å². The molecule has 0 aliphatic carbocycles. The summed E-state index contributed by atoms with van der Waals surface area (Å²) in [4.78, 5) is 2.63. The van der Waals surface area contributed by atoms with Crippen molar-refractivity contribution in [1.82, 2.24) is 10.2 Å². The summed E-state index contributed by atoms with van der Waals surface area (Å²) >= 11 is 0. The van der Waals surface area contributed by atoms with Gasteiger partial charge in [0.15, 0.2) is 0 Å². The summed E-state index contributed by atoms with van der Waals surface area (Å²) in [6, 6.07) is 1.59. The molecule has 2 atom stereocenters. The average molecular weight is 213 g/mol. The third kappa shape index (κ3) is 2.49. The lowest BCUT2D eigenvalue weighted by Crippen LogP contribution is -2.52. The number of fused-ring (bicyclic) bond motifs is 1. The van der Waals surface area contributed by atoms with Crippen LogP contribution < -0.4 is 5.32 Å². The van der Waals surface area contributed by atoms with E-state index in [0.29, 0.717) is 6.04 Å². The molecular weight excluding hydrogens is 195 g/mol. The largest absolute Gasteiger partial charge is 0.311 e. The zero-order chi connectivity index (χ0) is 6.97. The first-order valence-corrected chi connectivity index (χ1v) is 4.33. The molecule has 0 radical (unpaired) electrons. The first kappa shape index (κ1) is 12.5. The number of rotatable bonds is 0. The summed E-state index contributed by atoms with van der Waals surface area (Å²) < 4.78 is 0. The van der Waals surface area contributed by atoms with Gasteiger partial charge in [0.1, 0.15) is 0 Å². The van der Waals surface area contributed by atoms with Gasteiger partial charge in [0.05, 0.1) is 0 Å². The Morgan fingerprint density at radius 2 is 2.08 bits per heavy atom. The Balaban J connectivity index is 0.000000605. The van der Waals surface area contributed by atoms with Crippen molar-refractivity contribution in [3.8, 4) is 0 Å². The molecule has 0 amide bonds. The molecule has 0 spiro atoms. The molecule has 74 valence electrons. The second-order valence-electron chi connectivity index (χ2n) is 3.60. The van der Waals surface area contributed by atoms with E-state index in [0.717, 1.165) is 6.04 Å². The van der Waals surface area contributed by atoms with Crippen LogP contribution in [0.4, 0.5) is 0 Å². The molecule has 2 fully saturated rings. The zero-order valence-electron chi connectivity index (χ0n) is 7.45. The summed E-state index contributed by atoms with van der Waals surface area (Å²) in [5.74, 6) is 0. The highest BCUT2D eigenvalue weighted by atomic mass is 35.5. The lowest BCUT2D eigenvalue weighted by atomic mass is 10.1. The third-order valence-corrected chi connectivity index (χ3v) is 2.71. The van der Waals surface area contributed by atoms with Crippen LogP contribution in [-0.2, 0) is 0 Å². The molecule has 1 N–H and O–H groups in total. The molecule has 2 aliphatic heterocycles. The van der Waals surface area contributed by atoms with Crippen molar-refractivity contribution in [3.63, 3.8) is 0 Å². The van der Waals surface area contributed by atoms with E-state index in [1.807, 2.05) is 0 Å². The molecule has 0 aromatic heterocycles. The highest BCUT2D eigenvalue weighted by Crippen LogP contribution is 2.19. The van der Waals surface area contributed by atoms with Crippen LogP contribution in [0.25, 0.3) is 0 Å². The fourth-order valence-electron chi connectivity index (χ4n) is 2.12. The Labute approximate surface area is 86.9 Å². The molecule has 2 saturated heterocycles. The second kappa shape index (κ2) is 5.28. The summed E-state index contributed by atoms with van der Waals surface area (Å²) in [6.45, 7) is 6.11. The number of halogens is 2. The van der Waals surface area contributed by atoms with Crippen LogP contribution >= 0.6 is 24.8 Å². The van der Waals surface area contributed by atoms with Gasteiger partial charge >= 0.3 is 0 Å². The van der Waals surface area contributed by atoms with Crippen LogP contribution in [0.5, 0.6) is 0 Å². The topological polar surface area (TPSA) is 15.3 Å². The molecule has 2 unspecified atom stereocenters. The molecule has 2 heterocycles. The number of hydrogen-bond donors (Lipinski definition) is 1. The van der Waals surface area contributed by atoms with Gasteiger partial charge in [-0.1, -0.05) is 0 Å². The molecule has 2 aliphatic rings. The van der Waals surface area contributed by atoms with Gasteiger partial charge in [-0.05, 0) is 26.3 Å². The smallest absolute Gasteiger partial charge is 0.0221 e. The quantitative estimate of drug-likeness (QED) is 0.652. The van der Waals surface area contributed by atoms with Crippen LogP contribution in [0.2, 0.25) is 0 Å². The molecule has 2 nitrogen and oxygen atoms in total. The fourth-order valence-corrected chi connectivity index (χ4v) is 2.12. The predicted octanol–water partition coefficient (Wildman–Crippen LogP) is 1.29. The monoisotopic (exact) mass is 212 g/mol. The van der Waals surface area contributed by atoms with E-state index in [2.05, 4.69) is 17.1 Å². The predicted molar refractivity (Wildman–Crippen MR) is 56.6 cm³/mol. The second-order valence-corrected chi connectivity index (χ2v) is 3.60. The van der Waals surface area contributed by atoms with Crippen LogP contribution in [0.15, 0.2) is 0 Å². The molecular formula is C8H18Cl2N2. The number of nitrogens with zero attached hydrogens (tertiary/aromatic N) is 1. The molecule has 0 bridgehead atoms. The summed E-state index contributed by atoms with van der Waals surface area (Å²) in [5, 5.41) is 3.51. The van der Waals surface area contributed by atoms with E-state index < -0.39 is 0 Å². The van der Waals surface area contributed by atoms with E-state index in [9.17, 15) is 0 Å². The Kier molecular flexibility index (Phi) is 5.50. The number of piperazine rings is 1. The van der Waals surface area contributed by atoms with E-state index >= 15 is 0 Å². The molecule has 0 aromatic carbocycles. The lowest BCUT2D eigenvalue weighted by Gasteiger charge is -2.34. The van der Waals surface area contributed by atoms with Crippen molar-refractivity contribution < 1.29 is 0 Å². The maximum absolute atomic E-state index is 3.51. The van der Waals surface area contributed by atoms with Crippen molar-refractivity contribution in [2.45, 2.75) is 31.8 Å². The highest BCUT2D eigenvalue weighted by Gasteiger charge is 2.28. The van der Waals surface area contributed by atoms with E-state index in [4.69, 9.17) is 0 Å². The van der Waals surface area contributed by atoms with E-state index in [1.54, 1.807) is 0 Å². The molecule has 0 aromatic rings. The first-order valence-electron chi connectivity index (χ1n) is 4.33. The van der Waals surface area contributed by atoms with Crippen molar-refractivity contribution in [1.29, 1.82) is 0 Å². The van der Waals surface area contributed by atoms with E-state index in [1.165, 1.54) is 32.5 Å². The Morgan fingerprint density at radius 1 is 1.33 bits per heavy atom. The minimum absolute atomic E-state index is 0.